The van der Waals surface area contributed by atoms with Gasteiger partial charge >= 0.3 is 12.1 Å². The van der Waals surface area contributed by atoms with Gasteiger partial charge in [-0.25, -0.2) is 9.59 Å². The summed E-state index contributed by atoms with van der Waals surface area (Å²) in [6.45, 7) is 2.34. The van der Waals surface area contributed by atoms with Gasteiger partial charge in [-0.2, -0.15) is 0 Å². The van der Waals surface area contributed by atoms with Crippen LogP contribution in [0.1, 0.15) is 18.1 Å². The number of carboxylic acids is 1. The van der Waals surface area contributed by atoms with Gasteiger partial charge in [0.2, 0.25) is 0 Å². The lowest BCUT2D eigenvalue weighted by Crippen LogP contribution is -2.48. The third kappa shape index (κ3) is 6.69. The summed E-state index contributed by atoms with van der Waals surface area (Å²) >= 11 is 0. The smallest absolute Gasteiger partial charge is 0.407 e. The normalized spacial score (nSPS) is 12.5. The number of carboxylic acid groups (broad SMARTS) is 1. The van der Waals surface area contributed by atoms with Crippen LogP contribution in [-0.2, 0) is 22.6 Å². The molecule has 2 aromatic carbocycles. The van der Waals surface area contributed by atoms with Crippen LogP contribution in [-0.4, -0.2) is 48.1 Å². The molecular formula is C21H25NO7. The van der Waals surface area contributed by atoms with Gasteiger partial charge < -0.3 is 29.7 Å². The number of benzene rings is 2. The van der Waals surface area contributed by atoms with Crippen LogP contribution < -0.4 is 14.8 Å². The molecule has 0 aliphatic rings. The minimum Gasteiger partial charge on any atom is -0.493 e. The number of alkyl carbamates (subject to hydrolysis) is 1. The quantitative estimate of drug-likeness (QED) is 0.558. The maximum Gasteiger partial charge on any atom is 0.407 e. The fraction of sp³-hybridized carbons (Fsp3) is 0.333. The van der Waals surface area contributed by atoms with Crippen LogP contribution in [0.4, 0.5) is 4.79 Å². The third-order valence-electron chi connectivity index (χ3n) is 4.13. The molecule has 0 heterocycles. The van der Waals surface area contributed by atoms with E-state index in [4.69, 9.17) is 14.2 Å². The Hall–Kier alpha value is -3.26. The van der Waals surface area contributed by atoms with Crippen LogP contribution in [0.25, 0.3) is 0 Å². The summed E-state index contributed by atoms with van der Waals surface area (Å²) < 4.78 is 15.9. The average molecular weight is 403 g/mol. The second-order valence-electron chi connectivity index (χ2n) is 6.22. The summed E-state index contributed by atoms with van der Waals surface area (Å²) in [4.78, 5) is 23.4. The molecule has 2 rings (SSSR count). The lowest BCUT2D eigenvalue weighted by molar-refractivity contribution is -0.148. The number of aliphatic hydroxyl groups is 1. The second kappa shape index (κ2) is 10.9. The van der Waals surface area contributed by atoms with Crippen molar-refractivity contribution in [1.29, 1.82) is 0 Å². The monoisotopic (exact) mass is 403 g/mol. The number of nitrogens with one attached hydrogen (secondary N) is 1. The standard InChI is InChI=1S/C21H25NO7/c1-3-28-17-10-9-15(12-18(17)27-2)11-16(19(23)20(24)25)22-21(26)29-13-14-7-5-4-6-8-14/h4-10,12,16,19,23H,3,11,13H2,1-2H3,(H,22,26)(H,24,25). The minimum atomic E-state index is -1.81. The predicted octanol–water partition coefficient (Wildman–Crippen LogP) is 2.38. The molecule has 1 amide bonds. The Balaban J connectivity index is 2.07. The van der Waals surface area contributed by atoms with Crippen LogP contribution in [0, 0.1) is 0 Å². The zero-order valence-electron chi connectivity index (χ0n) is 16.3. The van der Waals surface area contributed by atoms with Crippen molar-refractivity contribution < 1.29 is 34.0 Å². The van der Waals surface area contributed by atoms with Crippen molar-refractivity contribution in [3.05, 3.63) is 59.7 Å². The molecule has 0 aliphatic heterocycles. The summed E-state index contributed by atoms with van der Waals surface area (Å²) in [7, 11) is 1.49. The highest BCUT2D eigenvalue weighted by Crippen LogP contribution is 2.28. The van der Waals surface area contributed by atoms with E-state index in [1.165, 1.54) is 7.11 Å². The number of carbonyl (C=O) groups excluding carboxylic acids is 1. The van der Waals surface area contributed by atoms with Crippen LogP contribution in [0.2, 0.25) is 0 Å². The second-order valence-corrected chi connectivity index (χ2v) is 6.22. The van der Waals surface area contributed by atoms with Gasteiger partial charge in [0.15, 0.2) is 17.6 Å². The van der Waals surface area contributed by atoms with Crippen LogP contribution in [0.15, 0.2) is 48.5 Å². The van der Waals surface area contributed by atoms with E-state index < -0.39 is 24.2 Å². The molecule has 3 N–H and O–H groups in total. The topological polar surface area (TPSA) is 114 Å². The minimum absolute atomic E-state index is 0.0272. The molecule has 0 spiro atoms. The first-order valence-electron chi connectivity index (χ1n) is 9.12. The van der Waals surface area contributed by atoms with Crippen molar-refractivity contribution in [2.24, 2.45) is 0 Å². The van der Waals surface area contributed by atoms with Crippen LogP contribution in [0.5, 0.6) is 11.5 Å². The molecule has 0 saturated heterocycles. The Morgan fingerprint density at radius 2 is 1.79 bits per heavy atom. The van der Waals surface area contributed by atoms with Gasteiger partial charge in [-0.05, 0) is 36.6 Å². The maximum atomic E-state index is 12.1. The summed E-state index contributed by atoms with van der Waals surface area (Å²) in [5, 5.41) is 21.6. The third-order valence-corrected chi connectivity index (χ3v) is 4.13. The molecule has 156 valence electrons. The Morgan fingerprint density at radius 3 is 2.41 bits per heavy atom. The molecule has 2 aromatic rings. The SMILES string of the molecule is CCOc1ccc(CC(NC(=O)OCc2ccccc2)C(O)C(=O)O)cc1OC. The van der Waals surface area contributed by atoms with E-state index in [0.29, 0.717) is 23.7 Å². The van der Waals surface area contributed by atoms with Gasteiger partial charge in [-0.1, -0.05) is 36.4 Å². The zero-order valence-corrected chi connectivity index (χ0v) is 16.3. The summed E-state index contributed by atoms with van der Waals surface area (Å²) in [5.41, 5.74) is 1.44. The largest absolute Gasteiger partial charge is 0.493 e. The molecule has 0 aliphatic carbocycles. The van der Waals surface area contributed by atoms with Gasteiger partial charge in [-0.3, -0.25) is 0 Å². The molecule has 0 fully saturated rings. The van der Waals surface area contributed by atoms with Crippen LogP contribution in [0.3, 0.4) is 0 Å². The number of methoxy groups -OCH3 is 1. The van der Waals surface area contributed by atoms with E-state index in [0.717, 1.165) is 5.56 Å². The number of aliphatic carboxylic acids is 1. The van der Waals surface area contributed by atoms with Crippen molar-refractivity contribution in [2.45, 2.75) is 32.1 Å². The molecular weight excluding hydrogens is 378 g/mol. The Morgan fingerprint density at radius 1 is 1.07 bits per heavy atom. The highest BCUT2D eigenvalue weighted by atomic mass is 16.5. The summed E-state index contributed by atoms with van der Waals surface area (Å²) in [6.07, 6.45) is -2.58. The molecule has 0 bridgehead atoms. The fourth-order valence-corrected chi connectivity index (χ4v) is 2.70. The highest BCUT2D eigenvalue weighted by Gasteiger charge is 2.28. The zero-order chi connectivity index (χ0) is 21.2. The number of amides is 1. The van der Waals surface area contributed by atoms with E-state index in [-0.39, 0.29) is 13.0 Å². The molecule has 8 nitrogen and oxygen atoms in total. The van der Waals surface area contributed by atoms with Gasteiger partial charge in [0, 0.05) is 0 Å². The number of rotatable bonds is 10. The summed E-state index contributed by atoms with van der Waals surface area (Å²) in [6, 6.07) is 13.0. The van der Waals surface area contributed by atoms with Gasteiger partial charge in [0.25, 0.3) is 0 Å². The Labute approximate surface area is 169 Å². The van der Waals surface area contributed by atoms with Crippen molar-refractivity contribution in [3.63, 3.8) is 0 Å². The molecule has 0 radical (unpaired) electrons. The Bertz CT molecular complexity index is 810. The number of ether oxygens (including phenoxy) is 3. The van der Waals surface area contributed by atoms with Gasteiger partial charge in [0.1, 0.15) is 6.61 Å². The molecule has 0 saturated carbocycles. The van der Waals surface area contributed by atoms with E-state index in [9.17, 15) is 19.8 Å². The van der Waals surface area contributed by atoms with Crippen LogP contribution >= 0.6 is 0 Å². The fourth-order valence-electron chi connectivity index (χ4n) is 2.70. The molecule has 29 heavy (non-hydrogen) atoms. The van der Waals surface area contributed by atoms with E-state index >= 15 is 0 Å². The van der Waals surface area contributed by atoms with Crippen molar-refractivity contribution in [2.75, 3.05) is 13.7 Å². The molecule has 2 atom stereocenters. The first-order chi connectivity index (χ1) is 13.9. The van der Waals surface area contributed by atoms with Gasteiger partial charge in [-0.15, -0.1) is 0 Å². The number of carbonyl (C=O) groups is 2. The van der Waals surface area contributed by atoms with Gasteiger partial charge in [0.05, 0.1) is 19.8 Å². The first kappa shape index (κ1) is 22.0. The number of hydrogen-bond acceptors (Lipinski definition) is 6. The van der Waals surface area contributed by atoms with Crippen molar-refractivity contribution in [3.8, 4) is 11.5 Å². The lowest BCUT2D eigenvalue weighted by atomic mass is 10.0. The number of hydrogen-bond donors (Lipinski definition) is 3. The lowest BCUT2D eigenvalue weighted by Gasteiger charge is -2.22. The highest BCUT2D eigenvalue weighted by molar-refractivity contribution is 5.75. The maximum absolute atomic E-state index is 12.1. The van der Waals surface area contributed by atoms with E-state index in [1.807, 2.05) is 25.1 Å². The first-order valence-corrected chi connectivity index (χ1v) is 9.12. The average Bonchev–Trinajstić information content (AvgIpc) is 2.73. The predicted molar refractivity (Wildman–Crippen MR) is 105 cm³/mol. The molecule has 0 aromatic heterocycles. The Kier molecular flexibility index (Phi) is 8.29. The molecule has 8 heteroatoms. The summed E-state index contributed by atoms with van der Waals surface area (Å²) in [5.74, 6) is -0.430. The van der Waals surface area contributed by atoms with Crippen molar-refractivity contribution in [1.82, 2.24) is 5.32 Å². The van der Waals surface area contributed by atoms with E-state index in [1.54, 1.807) is 30.3 Å². The number of aliphatic hydroxyl groups excluding tert-OH is 1. The molecule has 2 unspecified atom stereocenters. The van der Waals surface area contributed by atoms with E-state index in [2.05, 4.69) is 5.32 Å². The van der Waals surface area contributed by atoms with Crippen molar-refractivity contribution >= 4 is 12.1 Å².